The van der Waals surface area contributed by atoms with Gasteiger partial charge in [0.05, 0.1) is 23.1 Å². The average molecular weight is 295 g/mol. The first kappa shape index (κ1) is 16.1. The summed E-state index contributed by atoms with van der Waals surface area (Å²) in [7, 11) is -3.77. The fraction of sp³-hybridized carbons (Fsp3) is 0.385. The monoisotopic (exact) mass is 295 g/mol. The molecule has 6 nitrogen and oxygen atoms in total. The minimum Gasteiger partial charge on any atom is -0.369 e. The lowest BCUT2D eigenvalue weighted by Gasteiger charge is -2.20. The highest BCUT2D eigenvalue weighted by Gasteiger charge is 2.25. The largest absolute Gasteiger partial charge is 0.369 e. The van der Waals surface area contributed by atoms with Gasteiger partial charge < -0.3 is 5.73 Å². The number of nitrogens with two attached hydrogens (primary N) is 1. The molecule has 1 rings (SSSR count). The molecule has 0 aliphatic carbocycles. The smallest absolute Gasteiger partial charge is 0.243 e. The minimum atomic E-state index is -3.77. The lowest BCUT2D eigenvalue weighted by molar-refractivity contribution is -0.118. The zero-order valence-electron chi connectivity index (χ0n) is 11.2. The third-order valence-electron chi connectivity index (χ3n) is 2.71. The molecule has 0 unspecified atom stereocenters. The third-order valence-corrected chi connectivity index (χ3v) is 4.57. The van der Waals surface area contributed by atoms with Gasteiger partial charge in [-0.2, -0.15) is 9.57 Å². The molecule has 1 amide bonds. The van der Waals surface area contributed by atoms with Crippen molar-refractivity contribution in [3.05, 3.63) is 29.8 Å². The van der Waals surface area contributed by atoms with Crippen molar-refractivity contribution in [1.29, 1.82) is 5.26 Å². The summed E-state index contributed by atoms with van der Waals surface area (Å²) in [5, 5.41) is 8.70. The van der Waals surface area contributed by atoms with Gasteiger partial charge in [0.15, 0.2) is 0 Å². The highest BCUT2D eigenvalue weighted by atomic mass is 32.2. The molecule has 0 atom stereocenters. The standard InChI is InChI=1S/C13H17N3O3S/c1-2-3-8-16(10-13(15)17)20(18,19)12-6-4-11(9-14)5-7-12/h4-7H,2-3,8,10H2,1H3,(H2,15,17). The quantitative estimate of drug-likeness (QED) is 0.804. The predicted octanol–water partition coefficient (Wildman–Crippen LogP) is 0.834. The first-order chi connectivity index (χ1) is 9.41. The molecule has 0 heterocycles. The van der Waals surface area contributed by atoms with Gasteiger partial charge in [0.2, 0.25) is 15.9 Å². The van der Waals surface area contributed by atoms with Crippen LogP contribution in [0.5, 0.6) is 0 Å². The number of unbranched alkanes of at least 4 members (excludes halogenated alkanes) is 1. The van der Waals surface area contributed by atoms with Gasteiger partial charge in [-0.1, -0.05) is 13.3 Å². The zero-order chi connectivity index (χ0) is 15.2. The van der Waals surface area contributed by atoms with E-state index >= 15 is 0 Å². The molecule has 0 saturated carbocycles. The number of hydrogen-bond donors (Lipinski definition) is 1. The molecule has 2 N–H and O–H groups in total. The Labute approximate surface area is 118 Å². The van der Waals surface area contributed by atoms with Crippen LogP contribution in [0.25, 0.3) is 0 Å². The van der Waals surface area contributed by atoms with Crippen LogP contribution in [0, 0.1) is 11.3 Å². The van der Waals surface area contributed by atoms with Crippen molar-refractivity contribution < 1.29 is 13.2 Å². The van der Waals surface area contributed by atoms with Crippen molar-refractivity contribution in [2.45, 2.75) is 24.7 Å². The molecular weight excluding hydrogens is 278 g/mol. The van der Waals surface area contributed by atoms with Gasteiger partial charge in [0, 0.05) is 6.54 Å². The number of nitriles is 1. The van der Waals surface area contributed by atoms with E-state index in [-0.39, 0.29) is 18.0 Å². The Bertz CT molecular complexity index is 603. The van der Waals surface area contributed by atoms with Gasteiger partial charge in [0.1, 0.15) is 0 Å². The summed E-state index contributed by atoms with van der Waals surface area (Å²) in [5.41, 5.74) is 5.47. The van der Waals surface area contributed by atoms with Crippen molar-refractivity contribution in [3.8, 4) is 6.07 Å². The summed E-state index contributed by atoms with van der Waals surface area (Å²) in [6, 6.07) is 7.48. The van der Waals surface area contributed by atoms with E-state index in [4.69, 9.17) is 11.0 Å². The van der Waals surface area contributed by atoms with E-state index in [2.05, 4.69) is 0 Å². The molecule has 0 saturated heterocycles. The maximum atomic E-state index is 12.4. The minimum absolute atomic E-state index is 0.0499. The lowest BCUT2D eigenvalue weighted by Crippen LogP contribution is -2.39. The molecule has 1 aromatic carbocycles. The fourth-order valence-corrected chi connectivity index (χ4v) is 3.09. The van der Waals surface area contributed by atoms with Crippen molar-refractivity contribution >= 4 is 15.9 Å². The summed E-state index contributed by atoms with van der Waals surface area (Å²) < 4.78 is 25.9. The molecule has 0 fully saturated rings. The molecule has 0 aliphatic rings. The first-order valence-electron chi connectivity index (χ1n) is 6.20. The van der Waals surface area contributed by atoms with Crippen LogP contribution >= 0.6 is 0 Å². The summed E-state index contributed by atoms with van der Waals surface area (Å²) in [6.07, 6.45) is 1.45. The Kier molecular flexibility index (Phi) is 5.67. The number of nitrogens with zero attached hydrogens (tertiary/aromatic N) is 2. The summed E-state index contributed by atoms with van der Waals surface area (Å²) in [6.45, 7) is 1.82. The van der Waals surface area contributed by atoms with Crippen LogP contribution in [-0.2, 0) is 14.8 Å². The van der Waals surface area contributed by atoms with Crippen molar-refractivity contribution in [3.63, 3.8) is 0 Å². The topological polar surface area (TPSA) is 104 Å². The van der Waals surface area contributed by atoms with E-state index in [1.165, 1.54) is 24.3 Å². The van der Waals surface area contributed by atoms with Crippen LogP contribution in [0.15, 0.2) is 29.2 Å². The maximum absolute atomic E-state index is 12.4. The van der Waals surface area contributed by atoms with Crippen molar-refractivity contribution in [2.24, 2.45) is 5.73 Å². The Balaban J connectivity index is 3.07. The second-order valence-electron chi connectivity index (χ2n) is 4.29. The molecule has 20 heavy (non-hydrogen) atoms. The molecule has 7 heteroatoms. The van der Waals surface area contributed by atoms with Crippen LogP contribution < -0.4 is 5.73 Å². The summed E-state index contributed by atoms with van der Waals surface area (Å²) in [4.78, 5) is 11.1. The van der Waals surface area contributed by atoms with Crippen LogP contribution in [0.1, 0.15) is 25.3 Å². The third kappa shape index (κ3) is 4.05. The highest BCUT2D eigenvalue weighted by Crippen LogP contribution is 2.16. The number of amides is 1. The van der Waals surface area contributed by atoms with E-state index in [0.717, 1.165) is 10.7 Å². The van der Waals surface area contributed by atoms with E-state index in [9.17, 15) is 13.2 Å². The van der Waals surface area contributed by atoms with Gasteiger partial charge in [0.25, 0.3) is 0 Å². The zero-order valence-corrected chi connectivity index (χ0v) is 12.1. The molecule has 0 aromatic heterocycles. The van der Waals surface area contributed by atoms with E-state index in [0.29, 0.717) is 12.0 Å². The average Bonchev–Trinajstić information content (AvgIpc) is 2.43. The number of carbonyl (C=O) groups is 1. The summed E-state index contributed by atoms with van der Waals surface area (Å²) in [5.74, 6) is -0.696. The van der Waals surface area contributed by atoms with E-state index < -0.39 is 15.9 Å². The van der Waals surface area contributed by atoms with Gasteiger partial charge in [-0.15, -0.1) is 0 Å². The molecular formula is C13H17N3O3S. The second-order valence-corrected chi connectivity index (χ2v) is 6.23. The molecule has 0 spiro atoms. The highest BCUT2D eigenvalue weighted by molar-refractivity contribution is 7.89. The number of rotatable bonds is 7. The normalized spacial score (nSPS) is 11.2. The molecule has 0 radical (unpaired) electrons. The second kappa shape index (κ2) is 7.03. The molecule has 0 bridgehead atoms. The van der Waals surface area contributed by atoms with Gasteiger partial charge in [-0.3, -0.25) is 4.79 Å². The van der Waals surface area contributed by atoms with Crippen LogP contribution in [0.2, 0.25) is 0 Å². The Morgan fingerprint density at radius 2 is 1.95 bits per heavy atom. The Morgan fingerprint density at radius 3 is 2.40 bits per heavy atom. The van der Waals surface area contributed by atoms with Crippen LogP contribution in [0.3, 0.4) is 0 Å². The summed E-state index contributed by atoms with van der Waals surface area (Å²) >= 11 is 0. The van der Waals surface area contributed by atoms with Crippen molar-refractivity contribution in [1.82, 2.24) is 4.31 Å². The molecule has 0 aliphatic heterocycles. The van der Waals surface area contributed by atoms with E-state index in [1.54, 1.807) is 0 Å². The SMILES string of the molecule is CCCCN(CC(N)=O)S(=O)(=O)c1ccc(C#N)cc1. The lowest BCUT2D eigenvalue weighted by atomic mass is 10.2. The number of benzene rings is 1. The Hall–Kier alpha value is -1.91. The van der Waals surface area contributed by atoms with Gasteiger partial charge in [-0.25, -0.2) is 8.42 Å². The predicted molar refractivity (Wildman–Crippen MR) is 74.0 cm³/mol. The number of carbonyl (C=O) groups excluding carboxylic acids is 1. The first-order valence-corrected chi connectivity index (χ1v) is 7.64. The Morgan fingerprint density at radius 1 is 1.35 bits per heavy atom. The number of primary amides is 1. The van der Waals surface area contributed by atoms with Crippen LogP contribution in [0.4, 0.5) is 0 Å². The number of hydrogen-bond acceptors (Lipinski definition) is 4. The maximum Gasteiger partial charge on any atom is 0.243 e. The number of sulfonamides is 1. The van der Waals surface area contributed by atoms with Gasteiger partial charge >= 0.3 is 0 Å². The van der Waals surface area contributed by atoms with E-state index in [1.807, 2.05) is 13.0 Å². The van der Waals surface area contributed by atoms with Crippen molar-refractivity contribution in [2.75, 3.05) is 13.1 Å². The molecule has 1 aromatic rings. The van der Waals surface area contributed by atoms with Gasteiger partial charge in [-0.05, 0) is 30.7 Å². The van der Waals surface area contributed by atoms with Crippen LogP contribution in [-0.4, -0.2) is 31.7 Å². The fourth-order valence-electron chi connectivity index (χ4n) is 1.64. The molecule has 108 valence electrons.